The van der Waals surface area contributed by atoms with Gasteiger partial charge in [0.25, 0.3) is 5.91 Å². The predicted octanol–water partition coefficient (Wildman–Crippen LogP) is 0.114. The lowest BCUT2D eigenvalue weighted by molar-refractivity contribution is -0.121. The average molecular weight is 304 g/mol. The zero-order valence-electron chi connectivity index (χ0n) is 11.8. The van der Waals surface area contributed by atoms with Gasteiger partial charge in [0.2, 0.25) is 11.9 Å². The molecular formula is C14H16N4O4. The molecule has 8 nitrogen and oxygen atoms in total. The first-order valence-corrected chi connectivity index (χ1v) is 6.65. The largest absolute Gasteiger partial charge is 0.444 e. The second kappa shape index (κ2) is 6.70. The zero-order valence-corrected chi connectivity index (χ0v) is 11.8. The van der Waals surface area contributed by atoms with Gasteiger partial charge in [-0.05, 0) is 12.0 Å². The second-order valence-corrected chi connectivity index (χ2v) is 4.74. The molecular weight excluding hydrogens is 288 g/mol. The van der Waals surface area contributed by atoms with Crippen molar-refractivity contribution >= 4 is 23.9 Å². The molecule has 3 amide bonds. The Bertz CT molecular complexity index is 615. The van der Waals surface area contributed by atoms with Crippen molar-refractivity contribution in [3.05, 3.63) is 35.9 Å². The molecule has 22 heavy (non-hydrogen) atoms. The topological polar surface area (TPSA) is 128 Å². The van der Waals surface area contributed by atoms with Crippen molar-refractivity contribution < 1.29 is 19.1 Å². The van der Waals surface area contributed by atoms with Crippen molar-refractivity contribution in [3.8, 4) is 0 Å². The third-order valence-electron chi connectivity index (χ3n) is 3.13. The summed E-state index contributed by atoms with van der Waals surface area (Å²) in [6.45, 7) is 0.0418. The number of benzene rings is 1. The van der Waals surface area contributed by atoms with Crippen molar-refractivity contribution in [1.29, 1.82) is 0 Å². The van der Waals surface area contributed by atoms with Crippen molar-refractivity contribution in [1.82, 2.24) is 4.90 Å². The van der Waals surface area contributed by atoms with E-state index in [1.165, 1.54) is 0 Å². The Morgan fingerprint density at radius 1 is 1.27 bits per heavy atom. The Morgan fingerprint density at radius 3 is 2.59 bits per heavy atom. The molecule has 0 saturated heterocycles. The normalized spacial score (nSPS) is 17.3. The summed E-state index contributed by atoms with van der Waals surface area (Å²) in [5.74, 6) is -1.40. The summed E-state index contributed by atoms with van der Waals surface area (Å²) in [6, 6.07) is 8.11. The Morgan fingerprint density at radius 2 is 1.95 bits per heavy atom. The number of rotatable bonds is 5. The molecule has 0 spiro atoms. The minimum absolute atomic E-state index is 0.0418. The van der Waals surface area contributed by atoms with E-state index in [0.29, 0.717) is 0 Å². The lowest BCUT2D eigenvalue weighted by Gasteiger charge is -2.21. The van der Waals surface area contributed by atoms with Gasteiger partial charge in [0, 0.05) is 6.42 Å². The molecule has 0 unspecified atom stereocenters. The fourth-order valence-corrected chi connectivity index (χ4v) is 2.05. The second-order valence-electron chi connectivity index (χ2n) is 4.74. The first kappa shape index (κ1) is 15.5. The third-order valence-corrected chi connectivity index (χ3v) is 3.13. The third kappa shape index (κ3) is 3.60. The van der Waals surface area contributed by atoms with Crippen LogP contribution in [-0.2, 0) is 20.9 Å². The van der Waals surface area contributed by atoms with E-state index in [9.17, 15) is 14.4 Å². The van der Waals surface area contributed by atoms with Crippen LogP contribution in [0, 0.1) is 0 Å². The van der Waals surface area contributed by atoms with E-state index in [1.54, 1.807) is 12.1 Å². The van der Waals surface area contributed by atoms with E-state index in [-0.39, 0.29) is 25.4 Å². The summed E-state index contributed by atoms with van der Waals surface area (Å²) in [5.41, 5.74) is 11.4. The molecule has 116 valence electrons. The molecule has 8 heteroatoms. The summed E-state index contributed by atoms with van der Waals surface area (Å²) in [4.78, 5) is 39.1. The quantitative estimate of drug-likeness (QED) is 0.798. The molecule has 1 heterocycles. The van der Waals surface area contributed by atoms with Gasteiger partial charge in [0.15, 0.2) is 0 Å². The molecule has 1 aromatic carbocycles. The average Bonchev–Trinajstić information content (AvgIpc) is 2.77. The van der Waals surface area contributed by atoms with Crippen molar-refractivity contribution in [2.75, 3.05) is 0 Å². The van der Waals surface area contributed by atoms with Gasteiger partial charge in [-0.15, -0.1) is 0 Å². The highest BCUT2D eigenvalue weighted by molar-refractivity contribution is 6.09. The summed E-state index contributed by atoms with van der Waals surface area (Å²) >= 11 is 0. The van der Waals surface area contributed by atoms with Crippen molar-refractivity contribution in [2.24, 2.45) is 16.5 Å². The van der Waals surface area contributed by atoms with Gasteiger partial charge < -0.3 is 16.2 Å². The lowest BCUT2D eigenvalue weighted by Crippen LogP contribution is -2.46. The molecule has 0 bridgehead atoms. The maximum Gasteiger partial charge on any atom is 0.417 e. The van der Waals surface area contributed by atoms with Gasteiger partial charge in [-0.25, -0.2) is 9.69 Å². The van der Waals surface area contributed by atoms with Crippen LogP contribution >= 0.6 is 0 Å². The Balaban J connectivity index is 2.00. The van der Waals surface area contributed by atoms with Gasteiger partial charge in [-0.1, -0.05) is 30.3 Å². The molecule has 0 saturated carbocycles. The summed E-state index contributed by atoms with van der Waals surface area (Å²) < 4.78 is 5.13. The van der Waals surface area contributed by atoms with Crippen LogP contribution in [0.1, 0.15) is 18.4 Å². The number of hydrogen-bond donors (Lipinski definition) is 2. The van der Waals surface area contributed by atoms with Crippen LogP contribution in [0.3, 0.4) is 0 Å². The molecule has 2 rings (SSSR count). The minimum Gasteiger partial charge on any atom is -0.444 e. The Hall–Kier alpha value is -2.90. The Labute approximate surface area is 126 Å². The van der Waals surface area contributed by atoms with E-state index in [2.05, 4.69) is 4.99 Å². The van der Waals surface area contributed by atoms with E-state index in [4.69, 9.17) is 16.2 Å². The van der Waals surface area contributed by atoms with Crippen LogP contribution in [0.25, 0.3) is 0 Å². The van der Waals surface area contributed by atoms with E-state index in [0.717, 1.165) is 10.5 Å². The van der Waals surface area contributed by atoms with Gasteiger partial charge in [0.05, 0.1) is 0 Å². The van der Waals surface area contributed by atoms with Gasteiger partial charge >= 0.3 is 6.09 Å². The van der Waals surface area contributed by atoms with Crippen LogP contribution in [0.2, 0.25) is 0 Å². The number of hydrogen-bond acceptors (Lipinski definition) is 5. The molecule has 0 aliphatic carbocycles. The van der Waals surface area contributed by atoms with Crippen LogP contribution in [-0.4, -0.2) is 34.8 Å². The van der Waals surface area contributed by atoms with E-state index in [1.807, 2.05) is 18.2 Å². The van der Waals surface area contributed by atoms with Crippen molar-refractivity contribution in [2.45, 2.75) is 25.5 Å². The summed E-state index contributed by atoms with van der Waals surface area (Å²) in [5, 5.41) is 0. The van der Waals surface area contributed by atoms with Crippen LogP contribution in [0.15, 0.2) is 35.3 Å². The number of ether oxygens (including phenoxy) is 1. The molecule has 0 radical (unpaired) electrons. The zero-order chi connectivity index (χ0) is 16.1. The molecule has 4 N–H and O–H groups in total. The predicted molar refractivity (Wildman–Crippen MR) is 77.3 cm³/mol. The maximum atomic E-state index is 12.1. The molecule has 1 aliphatic heterocycles. The SMILES string of the molecule is NC(=O)CC[C@@H]1C(=O)N=C(N)N1C(=O)OCc1ccccc1. The number of carbonyl (C=O) groups excluding carboxylic acids is 3. The lowest BCUT2D eigenvalue weighted by atomic mass is 10.1. The van der Waals surface area contributed by atoms with Crippen molar-refractivity contribution in [3.63, 3.8) is 0 Å². The highest BCUT2D eigenvalue weighted by Gasteiger charge is 2.39. The molecule has 1 aromatic rings. The van der Waals surface area contributed by atoms with Crippen LogP contribution in [0.4, 0.5) is 4.79 Å². The summed E-state index contributed by atoms with van der Waals surface area (Å²) in [6.07, 6.45) is -0.786. The first-order valence-electron chi connectivity index (χ1n) is 6.65. The van der Waals surface area contributed by atoms with Gasteiger partial charge in [0.1, 0.15) is 12.6 Å². The fraction of sp³-hybridized carbons (Fsp3) is 0.286. The fourth-order valence-electron chi connectivity index (χ4n) is 2.05. The summed E-state index contributed by atoms with van der Waals surface area (Å²) in [7, 11) is 0. The first-order chi connectivity index (χ1) is 10.5. The number of primary amides is 1. The standard InChI is InChI=1S/C14H16N4O4/c15-11(19)7-6-10-12(20)17-13(16)18(10)14(21)22-8-9-4-2-1-3-5-9/h1-5,10H,6-8H2,(H2,15,19)(H2,16,17,20)/t10-/m1/s1. The molecule has 1 atom stereocenters. The van der Waals surface area contributed by atoms with Crippen LogP contribution < -0.4 is 11.5 Å². The number of guanidine groups is 1. The van der Waals surface area contributed by atoms with E-state index < -0.39 is 23.9 Å². The number of nitrogens with zero attached hydrogens (tertiary/aromatic N) is 2. The van der Waals surface area contributed by atoms with E-state index >= 15 is 0 Å². The van der Waals surface area contributed by atoms with Crippen LogP contribution in [0.5, 0.6) is 0 Å². The smallest absolute Gasteiger partial charge is 0.417 e. The number of amides is 3. The maximum absolute atomic E-state index is 12.1. The Kier molecular flexibility index (Phi) is 4.72. The number of carbonyl (C=O) groups is 3. The number of nitrogens with two attached hydrogens (primary N) is 2. The molecule has 0 fully saturated rings. The highest BCUT2D eigenvalue weighted by Crippen LogP contribution is 2.17. The minimum atomic E-state index is -0.948. The number of aliphatic imine (C=N–C) groups is 1. The van der Waals surface area contributed by atoms with Gasteiger partial charge in [-0.2, -0.15) is 4.99 Å². The van der Waals surface area contributed by atoms with Gasteiger partial charge in [-0.3, -0.25) is 9.59 Å². The molecule has 1 aliphatic rings. The highest BCUT2D eigenvalue weighted by atomic mass is 16.6. The molecule has 0 aromatic heterocycles. The monoisotopic (exact) mass is 304 g/mol.